The highest BCUT2D eigenvalue weighted by atomic mass is 16.4. The third-order valence-electron chi connectivity index (χ3n) is 2.16. The van der Waals surface area contributed by atoms with Gasteiger partial charge in [-0.1, -0.05) is 19.9 Å². The lowest BCUT2D eigenvalue weighted by Gasteiger charge is -2.06. The molecule has 2 N–H and O–H groups in total. The predicted octanol–water partition coefficient (Wildman–Crippen LogP) is 1.57. The topological polar surface area (TPSA) is 66.4 Å². The van der Waals surface area contributed by atoms with Gasteiger partial charge in [-0.05, 0) is 19.8 Å². The molecule has 1 unspecified atom stereocenters. The molecule has 15 heavy (non-hydrogen) atoms. The van der Waals surface area contributed by atoms with Gasteiger partial charge in [0.2, 0.25) is 5.91 Å². The zero-order valence-electron chi connectivity index (χ0n) is 9.38. The lowest BCUT2D eigenvalue weighted by Crippen LogP contribution is -2.24. The molecule has 4 nitrogen and oxygen atoms in total. The van der Waals surface area contributed by atoms with E-state index < -0.39 is 5.97 Å². The Morgan fingerprint density at radius 2 is 2.00 bits per heavy atom. The van der Waals surface area contributed by atoms with E-state index in [0.717, 1.165) is 12.8 Å². The number of nitrogens with one attached hydrogen (secondary N) is 1. The van der Waals surface area contributed by atoms with Crippen molar-refractivity contribution >= 4 is 11.9 Å². The normalized spacial score (nSPS) is 11.9. The SMILES string of the molecule is C=C(C)C(=O)NCCCCC(C)C(=O)O. The van der Waals surface area contributed by atoms with Crippen molar-refractivity contribution in [3.05, 3.63) is 12.2 Å². The lowest BCUT2D eigenvalue weighted by molar-refractivity contribution is -0.141. The minimum absolute atomic E-state index is 0.138. The molecule has 0 bridgehead atoms. The van der Waals surface area contributed by atoms with Crippen LogP contribution in [-0.2, 0) is 9.59 Å². The van der Waals surface area contributed by atoms with Gasteiger partial charge in [-0.3, -0.25) is 9.59 Å². The highest BCUT2D eigenvalue weighted by molar-refractivity contribution is 5.91. The Morgan fingerprint density at radius 3 is 2.47 bits per heavy atom. The van der Waals surface area contributed by atoms with Crippen molar-refractivity contribution in [2.45, 2.75) is 33.1 Å². The number of carbonyl (C=O) groups excluding carboxylic acids is 1. The lowest BCUT2D eigenvalue weighted by atomic mass is 10.0. The van der Waals surface area contributed by atoms with Crippen molar-refractivity contribution in [2.24, 2.45) is 5.92 Å². The molecule has 0 aromatic carbocycles. The van der Waals surface area contributed by atoms with Crippen molar-refractivity contribution < 1.29 is 14.7 Å². The number of unbranched alkanes of at least 4 members (excludes halogenated alkanes) is 1. The molecule has 0 radical (unpaired) electrons. The molecule has 0 heterocycles. The van der Waals surface area contributed by atoms with Crippen molar-refractivity contribution in [1.82, 2.24) is 5.32 Å². The first kappa shape index (κ1) is 13.7. The van der Waals surface area contributed by atoms with Gasteiger partial charge in [0.05, 0.1) is 5.92 Å². The summed E-state index contributed by atoms with van der Waals surface area (Å²) >= 11 is 0. The van der Waals surface area contributed by atoms with Crippen LogP contribution in [0.4, 0.5) is 0 Å². The number of amides is 1. The Labute approximate surface area is 90.4 Å². The van der Waals surface area contributed by atoms with E-state index in [2.05, 4.69) is 11.9 Å². The third-order valence-corrected chi connectivity index (χ3v) is 2.16. The van der Waals surface area contributed by atoms with Crippen LogP contribution in [0.5, 0.6) is 0 Å². The average molecular weight is 213 g/mol. The zero-order chi connectivity index (χ0) is 11.8. The molecule has 4 heteroatoms. The Balaban J connectivity index is 3.44. The summed E-state index contributed by atoms with van der Waals surface area (Å²) in [4.78, 5) is 21.5. The number of carbonyl (C=O) groups is 2. The van der Waals surface area contributed by atoms with Crippen LogP contribution in [-0.4, -0.2) is 23.5 Å². The fraction of sp³-hybridized carbons (Fsp3) is 0.636. The Hall–Kier alpha value is -1.32. The summed E-state index contributed by atoms with van der Waals surface area (Å²) in [6.07, 6.45) is 2.26. The van der Waals surface area contributed by atoms with E-state index in [1.165, 1.54) is 0 Å². The maximum atomic E-state index is 11.0. The first-order valence-corrected chi connectivity index (χ1v) is 5.11. The maximum absolute atomic E-state index is 11.0. The average Bonchev–Trinajstić information content (AvgIpc) is 2.16. The number of carboxylic acids is 1. The number of hydrogen-bond donors (Lipinski definition) is 2. The quantitative estimate of drug-likeness (QED) is 0.498. The largest absolute Gasteiger partial charge is 0.481 e. The van der Waals surface area contributed by atoms with Gasteiger partial charge in [0, 0.05) is 12.1 Å². The van der Waals surface area contributed by atoms with Crippen LogP contribution in [0.3, 0.4) is 0 Å². The van der Waals surface area contributed by atoms with Crippen molar-refractivity contribution in [1.29, 1.82) is 0 Å². The van der Waals surface area contributed by atoms with Crippen LogP contribution in [0.15, 0.2) is 12.2 Å². The van der Waals surface area contributed by atoms with Gasteiger partial charge in [0.1, 0.15) is 0 Å². The summed E-state index contributed by atoms with van der Waals surface area (Å²) in [5.41, 5.74) is 0.494. The maximum Gasteiger partial charge on any atom is 0.306 e. The highest BCUT2D eigenvalue weighted by Crippen LogP contribution is 2.06. The molecule has 0 spiro atoms. The van der Waals surface area contributed by atoms with Crippen molar-refractivity contribution in [2.75, 3.05) is 6.54 Å². The molecule has 0 aliphatic rings. The molecule has 86 valence electrons. The molecule has 0 aromatic rings. The zero-order valence-corrected chi connectivity index (χ0v) is 9.38. The molecular weight excluding hydrogens is 194 g/mol. The van der Waals surface area contributed by atoms with Crippen LogP contribution in [0.2, 0.25) is 0 Å². The van der Waals surface area contributed by atoms with E-state index in [-0.39, 0.29) is 11.8 Å². The standard InChI is InChI=1S/C11H19NO3/c1-8(2)10(13)12-7-5-4-6-9(3)11(14)15/h9H,1,4-7H2,2-3H3,(H,12,13)(H,14,15). The van der Waals surface area contributed by atoms with E-state index >= 15 is 0 Å². The molecule has 0 aliphatic heterocycles. The van der Waals surface area contributed by atoms with Gasteiger partial charge in [0.15, 0.2) is 0 Å². The molecular formula is C11H19NO3. The van der Waals surface area contributed by atoms with E-state index in [4.69, 9.17) is 5.11 Å². The number of carboxylic acid groups (broad SMARTS) is 1. The number of rotatable bonds is 7. The van der Waals surface area contributed by atoms with Gasteiger partial charge < -0.3 is 10.4 Å². The van der Waals surface area contributed by atoms with Crippen LogP contribution in [0, 0.1) is 5.92 Å². The fourth-order valence-electron chi connectivity index (χ4n) is 1.05. The smallest absolute Gasteiger partial charge is 0.306 e. The Kier molecular flexibility index (Phi) is 6.42. The van der Waals surface area contributed by atoms with Crippen LogP contribution in [0.25, 0.3) is 0 Å². The van der Waals surface area contributed by atoms with Gasteiger partial charge in [-0.2, -0.15) is 0 Å². The van der Waals surface area contributed by atoms with E-state index in [0.29, 0.717) is 18.5 Å². The van der Waals surface area contributed by atoms with Gasteiger partial charge >= 0.3 is 5.97 Å². The molecule has 0 aromatic heterocycles. The predicted molar refractivity (Wildman–Crippen MR) is 58.5 cm³/mol. The second kappa shape index (κ2) is 7.04. The van der Waals surface area contributed by atoms with Crippen molar-refractivity contribution in [3.63, 3.8) is 0 Å². The molecule has 1 amide bonds. The summed E-state index contributed by atoms with van der Waals surface area (Å²) in [5, 5.41) is 11.3. The number of aliphatic carboxylic acids is 1. The first-order valence-electron chi connectivity index (χ1n) is 5.11. The second-order valence-electron chi connectivity index (χ2n) is 3.77. The molecule has 0 aliphatic carbocycles. The molecule has 0 saturated carbocycles. The molecule has 1 atom stereocenters. The Bertz CT molecular complexity index is 248. The summed E-state index contributed by atoms with van der Waals surface area (Å²) in [6, 6.07) is 0. The summed E-state index contributed by atoms with van der Waals surface area (Å²) in [6.45, 7) is 7.44. The molecule has 0 saturated heterocycles. The second-order valence-corrected chi connectivity index (χ2v) is 3.77. The van der Waals surface area contributed by atoms with Gasteiger partial charge in [0.25, 0.3) is 0 Å². The molecule has 0 fully saturated rings. The van der Waals surface area contributed by atoms with Crippen LogP contribution in [0.1, 0.15) is 33.1 Å². The molecule has 0 rings (SSSR count). The van der Waals surface area contributed by atoms with Crippen molar-refractivity contribution in [3.8, 4) is 0 Å². The number of hydrogen-bond acceptors (Lipinski definition) is 2. The van der Waals surface area contributed by atoms with E-state index in [9.17, 15) is 9.59 Å². The van der Waals surface area contributed by atoms with Crippen LogP contribution < -0.4 is 5.32 Å². The first-order chi connectivity index (χ1) is 6.95. The summed E-state index contributed by atoms with van der Waals surface area (Å²) in [5.74, 6) is -1.20. The van der Waals surface area contributed by atoms with E-state index in [1.807, 2.05) is 0 Å². The summed E-state index contributed by atoms with van der Waals surface area (Å²) in [7, 11) is 0. The fourth-order valence-corrected chi connectivity index (χ4v) is 1.05. The third kappa shape index (κ3) is 6.71. The highest BCUT2D eigenvalue weighted by Gasteiger charge is 2.09. The monoisotopic (exact) mass is 213 g/mol. The Morgan fingerprint density at radius 1 is 1.40 bits per heavy atom. The van der Waals surface area contributed by atoms with Gasteiger partial charge in [-0.15, -0.1) is 0 Å². The van der Waals surface area contributed by atoms with E-state index in [1.54, 1.807) is 13.8 Å². The van der Waals surface area contributed by atoms with Gasteiger partial charge in [-0.25, -0.2) is 0 Å². The summed E-state index contributed by atoms with van der Waals surface area (Å²) < 4.78 is 0. The van der Waals surface area contributed by atoms with Crippen LogP contribution >= 0.6 is 0 Å². The minimum atomic E-state index is -0.763. The minimum Gasteiger partial charge on any atom is -0.481 e.